The molecule has 3 N–H and O–H groups in total. The summed E-state index contributed by atoms with van der Waals surface area (Å²) in [5, 5.41) is 18.4. The quantitative estimate of drug-likeness (QED) is 0.630. The first-order valence-corrected chi connectivity index (χ1v) is 8.39. The van der Waals surface area contributed by atoms with Gasteiger partial charge in [-0.05, 0) is 19.3 Å². The van der Waals surface area contributed by atoms with Crippen LogP contribution in [0.25, 0.3) is 0 Å². The van der Waals surface area contributed by atoms with E-state index in [9.17, 15) is 18.0 Å². The van der Waals surface area contributed by atoms with Crippen molar-refractivity contribution in [2.75, 3.05) is 5.32 Å². The maximum Gasteiger partial charge on any atom is 0.305 e. The Morgan fingerprint density at radius 2 is 2.05 bits per heavy atom. The van der Waals surface area contributed by atoms with Gasteiger partial charge in [0.1, 0.15) is 0 Å². The molecule has 0 unspecified atom stereocenters. The molecule has 1 fully saturated rings. The summed E-state index contributed by atoms with van der Waals surface area (Å²) >= 11 is 0.710. The molecular formula is C10H14N4O5S2. The van der Waals surface area contributed by atoms with Crippen LogP contribution in [0.15, 0.2) is 4.34 Å². The molecule has 0 bridgehead atoms. The normalized spacial score (nSPS) is 17.0. The van der Waals surface area contributed by atoms with E-state index < -0.39 is 21.5 Å². The smallest absolute Gasteiger partial charge is 0.305 e. The minimum atomic E-state index is -3.96. The molecule has 116 valence electrons. The summed E-state index contributed by atoms with van der Waals surface area (Å²) in [6.45, 7) is 1.27. The fourth-order valence-corrected chi connectivity index (χ4v) is 4.46. The number of aromatic nitrogens is 2. The van der Waals surface area contributed by atoms with E-state index in [1.54, 1.807) is 0 Å². The Morgan fingerprint density at radius 3 is 2.52 bits per heavy atom. The lowest BCUT2D eigenvalue weighted by atomic mass is 9.75. The monoisotopic (exact) mass is 334 g/mol. The lowest BCUT2D eigenvalue weighted by Gasteiger charge is -2.40. The molecule has 0 saturated heterocycles. The number of amides is 1. The van der Waals surface area contributed by atoms with E-state index >= 15 is 0 Å². The van der Waals surface area contributed by atoms with E-state index in [1.807, 2.05) is 0 Å². The number of nitrogens with zero attached hydrogens (tertiary/aromatic N) is 2. The summed E-state index contributed by atoms with van der Waals surface area (Å²) in [5.41, 5.74) is -0.954. The summed E-state index contributed by atoms with van der Waals surface area (Å²) in [6.07, 6.45) is 1.43. The molecule has 0 atom stereocenters. The van der Waals surface area contributed by atoms with Crippen LogP contribution in [0.3, 0.4) is 0 Å². The third-order valence-electron chi connectivity index (χ3n) is 3.07. The molecular weight excluding hydrogens is 320 g/mol. The van der Waals surface area contributed by atoms with Crippen molar-refractivity contribution >= 4 is 38.4 Å². The SMILES string of the molecule is CC(=O)Nc1nnc(S(=O)(=O)NC2(CC(=O)O)CCC2)s1. The summed E-state index contributed by atoms with van der Waals surface area (Å²) < 4.78 is 26.5. The van der Waals surface area contributed by atoms with Gasteiger partial charge in [0, 0.05) is 12.5 Å². The van der Waals surface area contributed by atoms with E-state index in [0.29, 0.717) is 24.2 Å². The number of rotatable bonds is 6. The first-order chi connectivity index (χ1) is 9.72. The summed E-state index contributed by atoms with van der Waals surface area (Å²) in [5.74, 6) is -1.45. The Labute approximate surface area is 124 Å². The van der Waals surface area contributed by atoms with Crippen LogP contribution in [-0.2, 0) is 19.6 Å². The van der Waals surface area contributed by atoms with Gasteiger partial charge in [0.25, 0.3) is 10.0 Å². The molecule has 11 heteroatoms. The minimum Gasteiger partial charge on any atom is -0.481 e. The van der Waals surface area contributed by atoms with Crippen molar-refractivity contribution in [3.05, 3.63) is 0 Å². The number of hydrogen-bond acceptors (Lipinski definition) is 7. The van der Waals surface area contributed by atoms with Gasteiger partial charge in [0.05, 0.1) is 6.42 Å². The number of hydrogen-bond donors (Lipinski definition) is 3. The highest BCUT2D eigenvalue weighted by atomic mass is 32.2. The summed E-state index contributed by atoms with van der Waals surface area (Å²) in [6, 6.07) is 0. The van der Waals surface area contributed by atoms with E-state index in [0.717, 1.165) is 6.42 Å². The number of carbonyl (C=O) groups is 2. The Balaban J connectivity index is 2.16. The third kappa shape index (κ3) is 3.74. The maximum absolute atomic E-state index is 12.2. The maximum atomic E-state index is 12.2. The fourth-order valence-electron chi connectivity index (χ4n) is 2.06. The molecule has 1 aliphatic rings. The van der Waals surface area contributed by atoms with Crippen LogP contribution in [-0.4, -0.2) is 41.1 Å². The fraction of sp³-hybridized carbons (Fsp3) is 0.600. The highest BCUT2D eigenvalue weighted by molar-refractivity contribution is 7.91. The number of carbonyl (C=O) groups excluding carboxylic acids is 1. The Morgan fingerprint density at radius 1 is 1.38 bits per heavy atom. The van der Waals surface area contributed by atoms with Gasteiger partial charge in [-0.3, -0.25) is 9.59 Å². The van der Waals surface area contributed by atoms with Crippen LogP contribution < -0.4 is 10.0 Å². The van der Waals surface area contributed by atoms with Crippen LogP contribution in [0.2, 0.25) is 0 Å². The van der Waals surface area contributed by atoms with Gasteiger partial charge in [-0.2, -0.15) is 0 Å². The average molecular weight is 334 g/mol. The number of aliphatic carboxylic acids is 1. The van der Waals surface area contributed by atoms with Crippen molar-refractivity contribution in [2.24, 2.45) is 0 Å². The van der Waals surface area contributed by atoms with Crippen molar-refractivity contribution in [1.82, 2.24) is 14.9 Å². The molecule has 0 radical (unpaired) electrons. The zero-order valence-electron chi connectivity index (χ0n) is 11.1. The van der Waals surface area contributed by atoms with Crippen molar-refractivity contribution in [1.29, 1.82) is 0 Å². The van der Waals surface area contributed by atoms with Gasteiger partial charge in [0.15, 0.2) is 0 Å². The standard InChI is InChI=1S/C10H14N4O5S2/c1-6(15)11-8-12-13-9(20-8)21(18,19)14-10(3-2-4-10)5-7(16)17/h14H,2-5H2,1H3,(H,16,17)(H,11,12,15). The molecule has 0 spiro atoms. The third-order valence-corrected chi connectivity index (χ3v) is 5.86. The highest BCUT2D eigenvalue weighted by Gasteiger charge is 2.43. The number of carboxylic acids is 1. The van der Waals surface area contributed by atoms with Gasteiger partial charge < -0.3 is 10.4 Å². The lowest BCUT2D eigenvalue weighted by Crippen LogP contribution is -2.54. The van der Waals surface area contributed by atoms with E-state index in [4.69, 9.17) is 5.11 Å². The second-order valence-corrected chi connectivity index (χ2v) is 7.70. The van der Waals surface area contributed by atoms with Gasteiger partial charge in [0.2, 0.25) is 15.4 Å². The van der Waals surface area contributed by atoms with Crippen molar-refractivity contribution in [2.45, 2.75) is 42.5 Å². The molecule has 2 rings (SSSR count). The minimum absolute atomic E-state index is 0.0729. The number of sulfonamides is 1. The first-order valence-electron chi connectivity index (χ1n) is 6.09. The second kappa shape index (κ2) is 5.66. The van der Waals surface area contributed by atoms with Crippen molar-refractivity contribution < 1.29 is 23.1 Å². The number of carboxylic acid groups (broad SMARTS) is 1. The Bertz CT molecular complexity index is 665. The van der Waals surface area contributed by atoms with Gasteiger partial charge in [-0.1, -0.05) is 11.3 Å². The summed E-state index contributed by atoms with van der Waals surface area (Å²) in [7, 11) is -3.96. The molecule has 9 nitrogen and oxygen atoms in total. The average Bonchev–Trinajstić information content (AvgIpc) is 2.73. The van der Waals surface area contributed by atoms with Crippen LogP contribution in [0.4, 0.5) is 5.13 Å². The van der Waals surface area contributed by atoms with Crippen LogP contribution >= 0.6 is 11.3 Å². The largest absolute Gasteiger partial charge is 0.481 e. The predicted octanol–water partition coefficient (Wildman–Crippen LogP) is 0.172. The van der Waals surface area contributed by atoms with E-state index in [1.165, 1.54) is 6.92 Å². The Kier molecular flexibility index (Phi) is 4.25. The highest BCUT2D eigenvalue weighted by Crippen LogP contribution is 2.36. The zero-order valence-corrected chi connectivity index (χ0v) is 12.8. The zero-order chi connectivity index (χ0) is 15.7. The molecule has 21 heavy (non-hydrogen) atoms. The molecule has 0 aliphatic heterocycles. The predicted molar refractivity (Wildman–Crippen MR) is 73.4 cm³/mol. The molecule has 1 heterocycles. The first kappa shape index (κ1) is 15.8. The molecule has 1 amide bonds. The van der Waals surface area contributed by atoms with Crippen LogP contribution in [0.1, 0.15) is 32.6 Å². The summed E-state index contributed by atoms with van der Waals surface area (Å²) in [4.78, 5) is 21.7. The van der Waals surface area contributed by atoms with E-state index in [2.05, 4.69) is 20.2 Å². The van der Waals surface area contributed by atoms with Crippen molar-refractivity contribution in [3.8, 4) is 0 Å². The van der Waals surface area contributed by atoms with E-state index in [-0.39, 0.29) is 21.8 Å². The molecule has 0 aromatic carbocycles. The molecule has 1 saturated carbocycles. The molecule has 1 aliphatic carbocycles. The Hall–Kier alpha value is -1.59. The van der Waals surface area contributed by atoms with Gasteiger partial charge >= 0.3 is 5.97 Å². The van der Waals surface area contributed by atoms with Crippen molar-refractivity contribution in [3.63, 3.8) is 0 Å². The lowest BCUT2D eigenvalue weighted by molar-refractivity contribution is -0.139. The number of anilines is 1. The number of nitrogens with one attached hydrogen (secondary N) is 2. The topological polar surface area (TPSA) is 138 Å². The van der Waals surface area contributed by atoms with Gasteiger partial charge in [-0.15, -0.1) is 10.2 Å². The second-order valence-electron chi connectivity index (χ2n) is 4.86. The van der Waals surface area contributed by atoms with Gasteiger partial charge in [-0.25, -0.2) is 13.1 Å². The molecule has 1 aromatic rings. The van der Waals surface area contributed by atoms with Crippen LogP contribution in [0.5, 0.6) is 0 Å². The molecule has 1 aromatic heterocycles. The van der Waals surface area contributed by atoms with Crippen LogP contribution in [0, 0.1) is 0 Å².